The van der Waals surface area contributed by atoms with Gasteiger partial charge in [0.2, 0.25) is 0 Å². The average molecular weight is 498 g/mol. The molecule has 32 heavy (non-hydrogen) atoms. The Balaban J connectivity index is 1.49. The van der Waals surface area contributed by atoms with Crippen LogP contribution in [-0.2, 0) is 11.2 Å². The molecule has 2 N–H and O–H groups in total. The number of benzene rings is 3. The molecule has 7 heteroatoms. The molecule has 0 unspecified atom stereocenters. The van der Waals surface area contributed by atoms with Crippen molar-refractivity contribution >= 4 is 33.5 Å². The third-order valence-corrected chi connectivity index (χ3v) is 5.12. The molecule has 0 heterocycles. The predicted octanol–water partition coefficient (Wildman–Crippen LogP) is 5.57. The van der Waals surface area contributed by atoms with Gasteiger partial charge in [-0.2, -0.15) is 0 Å². The second kappa shape index (κ2) is 11.9. The van der Waals surface area contributed by atoms with Crippen LogP contribution in [0.4, 0.5) is 5.69 Å². The van der Waals surface area contributed by atoms with Crippen molar-refractivity contribution in [3.63, 3.8) is 0 Å². The molecule has 0 aliphatic carbocycles. The highest BCUT2D eigenvalue weighted by Crippen LogP contribution is 2.29. The van der Waals surface area contributed by atoms with Crippen LogP contribution in [0.2, 0.25) is 0 Å². The first-order valence-corrected chi connectivity index (χ1v) is 11.0. The lowest BCUT2D eigenvalue weighted by Gasteiger charge is -2.12. The minimum absolute atomic E-state index is 0.277. The summed E-state index contributed by atoms with van der Waals surface area (Å²) >= 11 is 3.34. The SMILES string of the molecule is O=C(O)COc1ccc(Br)cc1NC(=O)c1ccc(OCCCCc2ccccc2)cc1. The topological polar surface area (TPSA) is 84.9 Å². The minimum Gasteiger partial charge on any atom is -0.494 e. The molecule has 0 atom stereocenters. The van der Waals surface area contributed by atoms with Crippen LogP contribution < -0.4 is 14.8 Å². The van der Waals surface area contributed by atoms with Gasteiger partial charge in [-0.3, -0.25) is 4.79 Å². The molecule has 3 aromatic rings. The minimum atomic E-state index is -1.10. The first kappa shape index (κ1) is 23.3. The summed E-state index contributed by atoms with van der Waals surface area (Å²) in [5.74, 6) is -0.452. The van der Waals surface area contributed by atoms with E-state index in [9.17, 15) is 9.59 Å². The lowest BCUT2D eigenvalue weighted by molar-refractivity contribution is -0.139. The maximum Gasteiger partial charge on any atom is 0.341 e. The number of carboxylic acid groups (broad SMARTS) is 1. The van der Waals surface area contributed by atoms with Gasteiger partial charge in [-0.25, -0.2) is 4.79 Å². The van der Waals surface area contributed by atoms with Gasteiger partial charge in [0.1, 0.15) is 11.5 Å². The number of rotatable bonds is 11. The molecule has 0 saturated carbocycles. The number of carbonyl (C=O) groups is 2. The van der Waals surface area contributed by atoms with E-state index in [1.54, 1.807) is 42.5 Å². The highest BCUT2D eigenvalue weighted by atomic mass is 79.9. The van der Waals surface area contributed by atoms with Crippen LogP contribution in [-0.4, -0.2) is 30.2 Å². The van der Waals surface area contributed by atoms with E-state index in [1.807, 2.05) is 18.2 Å². The Morgan fingerprint density at radius 3 is 2.38 bits per heavy atom. The number of unbranched alkanes of at least 4 members (excludes halogenated alkanes) is 1. The van der Waals surface area contributed by atoms with Crippen molar-refractivity contribution in [1.82, 2.24) is 0 Å². The summed E-state index contributed by atoms with van der Waals surface area (Å²) in [7, 11) is 0. The van der Waals surface area contributed by atoms with Crippen LogP contribution >= 0.6 is 15.9 Å². The van der Waals surface area contributed by atoms with Crippen molar-refractivity contribution in [3.8, 4) is 11.5 Å². The lowest BCUT2D eigenvalue weighted by Crippen LogP contribution is -2.15. The smallest absolute Gasteiger partial charge is 0.341 e. The Hall–Kier alpha value is -3.32. The Labute approximate surface area is 195 Å². The number of carboxylic acids is 1. The van der Waals surface area contributed by atoms with Crippen molar-refractivity contribution < 1.29 is 24.2 Å². The zero-order valence-corrected chi connectivity index (χ0v) is 19.0. The zero-order chi connectivity index (χ0) is 22.8. The summed E-state index contributed by atoms with van der Waals surface area (Å²) in [6, 6.07) is 22.2. The van der Waals surface area contributed by atoms with E-state index in [-0.39, 0.29) is 11.7 Å². The molecule has 0 fully saturated rings. The van der Waals surface area contributed by atoms with Crippen LogP contribution in [0.15, 0.2) is 77.3 Å². The van der Waals surface area contributed by atoms with Gasteiger partial charge >= 0.3 is 5.97 Å². The number of aryl methyl sites for hydroxylation is 1. The fourth-order valence-corrected chi connectivity index (χ4v) is 3.39. The summed E-state index contributed by atoms with van der Waals surface area (Å²) in [5, 5.41) is 11.6. The van der Waals surface area contributed by atoms with E-state index in [0.29, 0.717) is 23.6 Å². The highest BCUT2D eigenvalue weighted by Gasteiger charge is 2.12. The molecule has 3 rings (SSSR count). The van der Waals surface area contributed by atoms with Crippen LogP contribution in [0.5, 0.6) is 11.5 Å². The third-order valence-electron chi connectivity index (χ3n) is 4.63. The van der Waals surface area contributed by atoms with E-state index < -0.39 is 12.6 Å². The largest absolute Gasteiger partial charge is 0.494 e. The second-order valence-corrected chi connectivity index (χ2v) is 8.01. The van der Waals surface area contributed by atoms with Crippen LogP contribution in [0.3, 0.4) is 0 Å². The molecule has 0 aliphatic heterocycles. The quantitative estimate of drug-likeness (QED) is 0.338. The molecule has 166 valence electrons. The maximum absolute atomic E-state index is 12.6. The highest BCUT2D eigenvalue weighted by molar-refractivity contribution is 9.10. The summed E-state index contributed by atoms with van der Waals surface area (Å²) in [4.78, 5) is 23.4. The van der Waals surface area contributed by atoms with Crippen molar-refractivity contribution in [2.75, 3.05) is 18.5 Å². The van der Waals surface area contributed by atoms with E-state index in [4.69, 9.17) is 14.6 Å². The number of ether oxygens (including phenoxy) is 2. The standard InChI is InChI=1S/C25H24BrNO5/c26-20-11-14-23(32-17-24(28)29)22(16-20)27-25(30)19-9-12-21(13-10-19)31-15-5-4-8-18-6-2-1-3-7-18/h1-3,6-7,9-14,16H,4-5,8,15,17H2,(H,27,30)(H,28,29). The van der Waals surface area contributed by atoms with Crippen molar-refractivity contribution in [2.45, 2.75) is 19.3 Å². The van der Waals surface area contributed by atoms with Gasteiger partial charge in [-0.1, -0.05) is 46.3 Å². The molecular weight excluding hydrogens is 474 g/mol. The number of nitrogens with one attached hydrogen (secondary N) is 1. The van der Waals surface area contributed by atoms with E-state index in [0.717, 1.165) is 23.7 Å². The molecule has 3 aromatic carbocycles. The Kier molecular flexibility index (Phi) is 8.69. The van der Waals surface area contributed by atoms with Gasteiger partial charge in [-0.05, 0) is 67.3 Å². The Bertz CT molecular complexity index is 1040. The molecule has 6 nitrogen and oxygen atoms in total. The number of aliphatic carboxylic acids is 1. The van der Waals surface area contributed by atoms with Gasteiger partial charge in [0.15, 0.2) is 6.61 Å². The van der Waals surface area contributed by atoms with Gasteiger partial charge in [-0.15, -0.1) is 0 Å². The number of carbonyl (C=O) groups excluding carboxylic acids is 1. The first-order valence-electron chi connectivity index (χ1n) is 10.2. The Morgan fingerprint density at radius 1 is 0.906 bits per heavy atom. The first-order chi connectivity index (χ1) is 15.5. The monoisotopic (exact) mass is 497 g/mol. The van der Waals surface area contributed by atoms with Crippen molar-refractivity contribution in [2.24, 2.45) is 0 Å². The van der Waals surface area contributed by atoms with Gasteiger partial charge < -0.3 is 19.9 Å². The summed E-state index contributed by atoms with van der Waals surface area (Å²) in [6.07, 6.45) is 3.01. The molecule has 1 amide bonds. The summed E-state index contributed by atoms with van der Waals surface area (Å²) in [6.45, 7) is 0.114. The van der Waals surface area contributed by atoms with E-state index >= 15 is 0 Å². The fraction of sp³-hybridized carbons (Fsp3) is 0.200. The number of anilines is 1. The molecular formula is C25H24BrNO5. The summed E-state index contributed by atoms with van der Waals surface area (Å²) in [5.41, 5.74) is 2.15. The lowest BCUT2D eigenvalue weighted by atomic mass is 10.1. The normalized spacial score (nSPS) is 10.4. The average Bonchev–Trinajstić information content (AvgIpc) is 2.79. The Morgan fingerprint density at radius 2 is 1.66 bits per heavy atom. The fourth-order valence-electron chi connectivity index (χ4n) is 3.03. The molecule has 0 radical (unpaired) electrons. The van der Waals surface area contributed by atoms with Crippen LogP contribution in [0.25, 0.3) is 0 Å². The summed E-state index contributed by atoms with van der Waals surface area (Å²) < 4.78 is 11.7. The van der Waals surface area contributed by atoms with Crippen molar-refractivity contribution in [1.29, 1.82) is 0 Å². The van der Waals surface area contributed by atoms with Gasteiger partial charge in [0.05, 0.1) is 12.3 Å². The number of hydrogen-bond donors (Lipinski definition) is 2. The predicted molar refractivity (Wildman–Crippen MR) is 127 cm³/mol. The number of amides is 1. The van der Waals surface area contributed by atoms with Crippen LogP contribution in [0.1, 0.15) is 28.8 Å². The van der Waals surface area contributed by atoms with Gasteiger partial charge in [0, 0.05) is 10.0 Å². The number of halogens is 1. The molecule has 0 bridgehead atoms. The second-order valence-electron chi connectivity index (χ2n) is 7.09. The van der Waals surface area contributed by atoms with Gasteiger partial charge in [0.25, 0.3) is 5.91 Å². The zero-order valence-electron chi connectivity index (χ0n) is 17.4. The number of hydrogen-bond acceptors (Lipinski definition) is 4. The molecule has 0 aromatic heterocycles. The van der Waals surface area contributed by atoms with Crippen LogP contribution in [0, 0.1) is 0 Å². The molecule has 0 spiro atoms. The molecule has 0 saturated heterocycles. The van der Waals surface area contributed by atoms with E-state index in [1.165, 1.54) is 5.56 Å². The third kappa shape index (κ3) is 7.42. The maximum atomic E-state index is 12.6. The van der Waals surface area contributed by atoms with Crippen molar-refractivity contribution in [3.05, 3.63) is 88.4 Å². The molecule has 0 aliphatic rings. The van der Waals surface area contributed by atoms with E-state index in [2.05, 4.69) is 33.4 Å².